The van der Waals surface area contributed by atoms with E-state index in [1.54, 1.807) is 18.3 Å². The van der Waals surface area contributed by atoms with Crippen molar-refractivity contribution in [1.29, 1.82) is 0 Å². The fourth-order valence-electron chi connectivity index (χ4n) is 2.80. The molecule has 0 radical (unpaired) electrons. The van der Waals surface area contributed by atoms with Gasteiger partial charge in [0.15, 0.2) is 0 Å². The molecule has 0 fully saturated rings. The molecule has 1 heterocycles. The molecule has 25 heavy (non-hydrogen) atoms. The molecule has 2 N–H and O–H groups in total. The highest BCUT2D eigenvalue weighted by Gasteiger charge is 2.22. The number of rotatable bonds is 5. The van der Waals surface area contributed by atoms with Crippen LogP contribution >= 0.6 is 0 Å². The summed E-state index contributed by atoms with van der Waals surface area (Å²) in [6.45, 7) is 1.95. The molecule has 126 valence electrons. The van der Waals surface area contributed by atoms with Gasteiger partial charge >= 0.3 is 5.97 Å². The van der Waals surface area contributed by atoms with Crippen LogP contribution in [-0.2, 0) is 11.2 Å². The van der Waals surface area contributed by atoms with Crippen LogP contribution < -0.4 is 5.32 Å². The lowest BCUT2D eigenvalue weighted by Crippen LogP contribution is -2.42. The number of pyridine rings is 1. The number of benzene rings is 2. The molecule has 0 saturated carbocycles. The van der Waals surface area contributed by atoms with Crippen LogP contribution in [0.3, 0.4) is 0 Å². The number of hydrogen-bond donors (Lipinski definition) is 2. The second-order valence-corrected chi connectivity index (χ2v) is 5.93. The summed E-state index contributed by atoms with van der Waals surface area (Å²) in [4.78, 5) is 28.4. The molecular weight excluding hydrogens is 316 g/mol. The monoisotopic (exact) mass is 334 g/mol. The van der Waals surface area contributed by atoms with Gasteiger partial charge in [-0.3, -0.25) is 9.78 Å². The van der Waals surface area contributed by atoms with Crippen LogP contribution in [0.1, 0.15) is 21.5 Å². The van der Waals surface area contributed by atoms with E-state index in [1.165, 1.54) is 0 Å². The number of aryl methyl sites for hydroxylation is 1. The Labute approximate surface area is 145 Å². The zero-order valence-electron chi connectivity index (χ0n) is 13.8. The molecule has 0 spiro atoms. The van der Waals surface area contributed by atoms with E-state index in [0.717, 1.165) is 11.1 Å². The Bertz CT molecular complexity index is 932. The van der Waals surface area contributed by atoms with Crippen molar-refractivity contribution in [2.24, 2.45) is 0 Å². The van der Waals surface area contributed by atoms with Crippen molar-refractivity contribution in [2.45, 2.75) is 19.4 Å². The summed E-state index contributed by atoms with van der Waals surface area (Å²) in [5.74, 6) is -1.48. The molecule has 3 aromatic rings. The minimum atomic E-state index is -1.06. The van der Waals surface area contributed by atoms with Gasteiger partial charge in [-0.05, 0) is 24.6 Å². The maximum absolute atomic E-state index is 12.6. The average Bonchev–Trinajstić information content (AvgIpc) is 2.60. The molecule has 0 aliphatic heterocycles. The molecule has 0 unspecified atom stereocenters. The number of carbonyl (C=O) groups is 2. The molecule has 5 nitrogen and oxygen atoms in total. The third kappa shape index (κ3) is 3.83. The van der Waals surface area contributed by atoms with Crippen molar-refractivity contribution in [3.63, 3.8) is 0 Å². The van der Waals surface area contributed by atoms with Crippen LogP contribution in [0.15, 0.2) is 60.8 Å². The Kier molecular flexibility index (Phi) is 4.75. The minimum absolute atomic E-state index is 0.228. The summed E-state index contributed by atoms with van der Waals surface area (Å²) in [6.07, 6.45) is 1.78. The maximum atomic E-state index is 12.6. The van der Waals surface area contributed by atoms with Crippen LogP contribution in [0.2, 0.25) is 0 Å². The smallest absolute Gasteiger partial charge is 0.326 e. The van der Waals surface area contributed by atoms with E-state index in [2.05, 4.69) is 10.3 Å². The number of aromatic nitrogens is 1. The summed E-state index contributed by atoms with van der Waals surface area (Å²) in [7, 11) is 0. The summed E-state index contributed by atoms with van der Waals surface area (Å²) in [6, 6.07) is 15.5. The maximum Gasteiger partial charge on any atom is 0.326 e. The van der Waals surface area contributed by atoms with E-state index >= 15 is 0 Å². The fourth-order valence-corrected chi connectivity index (χ4v) is 2.80. The third-order valence-corrected chi connectivity index (χ3v) is 4.02. The van der Waals surface area contributed by atoms with E-state index in [0.29, 0.717) is 16.5 Å². The third-order valence-electron chi connectivity index (χ3n) is 4.02. The summed E-state index contributed by atoms with van der Waals surface area (Å²) < 4.78 is 0. The van der Waals surface area contributed by atoms with E-state index < -0.39 is 17.9 Å². The lowest BCUT2D eigenvalue weighted by molar-refractivity contribution is -0.139. The molecule has 0 aliphatic carbocycles. The van der Waals surface area contributed by atoms with Crippen LogP contribution in [0.4, 0.5) is 0 Å². The second-order valence-electron chi connectivity index (χ2n) is 5.93. The van der Waals surface area contributed by atoms with E-state index in [-0.39, 0.29) is 6.42 Å². The number of carbonyl (C=O) groups excluding carboxylic acids is 1. The van der Waals surface area contributed by atoms with Crippen molar-refractivity contribution >= 4 is 22.8 Å². The van der Waals surface area contributed by atoms with E-state index in [9.17, 15) is 14.7 Å². The van der Waals surface area contributed by atoms with Gasteiger partial charge in [-0.1, -0.05) is 48.0 Å². The molecule has 0 aliphatic rings. The molecule has 0 saturated heterocycles. The lowest BCUT2D eigenvalue weighted by atomic mass is 10.0. The van der Waals surface area contributed by atoms with Gasteiger partial charge in [0.05, 0.1) is 11.1 Å². The Morgan fingerprint density at radius 3 is 2.68 bits per heavy atom. The highest BCUT2D eigenvalue weighted by atomic mass is 16.4. The van der Waals surface area contributed by atoms with Crippen LogP contribution in [0.25, 0.3) is 10.9 Å². The van der Waals surface area contributed by atoms with Gasteiger partial charge in [-0.25, -0.2) is 4.79 Å². The normalized spacial score (nSPS) is 11.9. The summed E-state index contributed by atoms with van der Waals surface area (Å²) in [5.41, 5.74) is 3.03. The number of hydrogen-bond acceptors (Lipinski definition) is 3. The molecule has 1 aromatic heterocycles. The number of nitrogens with one attached hydrogen (secondary N) is 1. The number of amides is 1. The van der Waals surface area contributed by atoms with E-state index in [4.69, 9.17) is 0 Å². The molecule has 2 aromatic carbocycles. The van der Waals surface area contributed by atoms with Gasteiger partial charge < -0.3 is 10.4 Å². The highest BCUT2D eigenvalue weighted by Crippen LogP contribution is 2.16. The predicted molar refractivity (Wildman–Crippen MR) is 95.5 cm³/mol. The van der Waals surface area contributed by atoms with Crippen molar-refractivity contribution in [3.8, 4) is 0 Å². The van der Waals surface area contributed by atoms with Crippen molar-refractivity contribution in [1.82, 2.24) is 10.3 Å². The Hall–Kier alpha value is -3.21. The van der Waals surface area contributed by atoms with Crippen LogP contribution in [0.5, 0.6) is 0 Å². The quantitative estimate of drug-likeness (QED) is 0.752. The topological polar surface area (TPSA) is 79.3 Å². The van der Waals surface area contributed by atoms with Crippen molar-refractivity contribution in [2.75, 3.05) is 0 Å². The lowest BCUT2D eigenvalue weighted by Gasteiger charge is -2.15. The molecular formula is C20H18N2O3. The largest absolute Gasteiger partial charge is 0.480 e. The first-order valence-electron chi connectivity index (χ1n) is 7.97. The number of nitrogens with zero attached hydrogens (tertiary/aromatic N) is 1. The molecule has 1 atom stereocenters. The molecule has 1 amide bonds. The van der Waals surface area contributed by atoms with Gasteiger partial charge in [0.2, 0.25) is 0 Å². The number of carboxylic acids is 1. The second kappa shape index (κ2) is 7.13. The Balaban J connectivity index is 1.84. The average molecular weight is 334 g/mol. The predicted octanol–water partition coefficient (Wildman–Crippen LogP) is 2.97. The van der Waals surface area contributed by atoms with Crippen molar-refractivity contribution in [3.05, 3.63) is 77.5 Å². The molecule has 3 rings (SSSR count). The van der Waals surface area contributed by atoms with Gasteiger partial charge in [0.25, 0.3) is 5.91 Å². The first kappa shape index (κ1) is 16.6. The van der Waals surface area contributed by atoms with Gasteiger partial charge in [-0.15, -0.1) is 0 Å². The number of fused-ring (bicyclic) bond motifs is 1. The Morgan fingerprint density at radius 2 is 1.92 bits per heavy atom. The van der Waals surface area contributed by atoms with Gasteiger partial charge in [0.1, 0.15) is 6.04 Å². The molecule has 0 bridgehead atoms. The zero-order chi connectivity index (χ0) is 17.8. The number of para-hydroxylation sites is 1. The number of carboxylic acid groups (broad SMARTS) is 1. The standard InChI is InChI=1S/C20H18N2O3/c1-13-5-4-6-14(11-13)12-18(20(24)25)22-19(23)16-9-10-21-17-8-3-2-7-15(16)17/h2-11,18H,12H2,1H3,(H,22,23)(H,24,25)/t18-/m1/s1. The zero-order valence-corrected chi connectivity index (χ0v) is 13.8. The van der Waals surface area contributed by atoms with Crippen LogP contribution in [-0.4, -0.2) is 28.0 Å². The SMILES string of the molecule is Cc1cccc(C[C@@H](NC(=O)c2ccnc3ccccc23)C(=O)O)c1. The van der Waals surface area contributed by atoms with Gasteiger partial charge in [0, 0.05) is 18.0 Å². The van der Waals surface area contributed by atoms with Crippen molar-refractivity contribution < 1.29 is 14.7 Å². The first-order chi connectivity index (χ1) is 12.0. The number of aliphatic carboxylic acids is 1. The first-order valence-corrected chi connectivity index (χ1v) is 7.97. The fraction of sp³-hybridized carbons (Fsp3) is 0.150. The summed E-state index contributed by atoms with van der Waals surface area (Å²) >= 11 is 0. The minimum Gasteiger partial charge on any atom is -0.480 e. The van der Waals surface area contributed by atoms with Gasteiger partial charge in [-0.2, -0.15) is 0 Å². The Morgan fingerprint density at radius 1 is 1.12 bits per heavy atom. The molecule has 5 heteroatoms. The van der Waals surface area contributed by atoms with E-state index in [1.807, 2.05) is 49.4 Å². The summed E-state index contributed by atoms with van der Waals surface area (Å²) in [5, 5.41) is 12.8. The van der Waals surface area contributed by atoms with Crippen LogP contribution in [0, 0.1) is 6.92 Å². The highest BCUT2D eigenvalue weighted by molar-refractivity contribution is 6.06.